The van der Waals surface area contributed by atoms with Crippen LogP contribution in [0.4, 0.5) is 4.79 Å². The van der Waals surface area contributed by atoms with E-state index in [9.17, 15) is 19.5 Å². The van der Waals surface area contributed by atoms with Gasteiger partial charge < -0.3 is 15.3 Å². The van der Waals surface area contributed by atoms with Crippen LogP contribution in [0, 0.1) is 5.41 Å². The van der Waals surface area contributed by atoms with Crippen molar-refractivity contribution in [1.82, 2.24) is 15.1 Å². The van der Waals surface area contributed by atoms with Crippen LogP contribution in [-0.4, -0.2) is 66.5 Å². The number of carbonyl (C=O) groups is 3. The number of amides is 3. The number of imide groups is 1. The van der Waals surface area contributed by atoms with Gasteiger partial charge in [0, 0.05) is 19.5 Å². The quantitative estimate of drug-likeness (QED) is 0.523. The Morgan fingerprint density at radius 1 is 1.00 bits per heavy atom. The van der Waals surface area contributed by atoms with Gasteiger partial charge in [0.05, 0.1) is 6.42 Å². The second-order valence-electron chi connectivity index (χ2n) is 8.98. The number of carboxylic acids is 1. The Bertz CT molecular complexity index is 715. The lowest BCUT2D eigenvalue weighted by molar-refractivity contribution is -0.142. The molecule has 0 heterocycles. The van der Waals surface area contributed by atoms with Gasteiger partial charge in [-0.1, -0.05) is 49.6 Å². The predicted octanol–water partition coefficient (Wildman–Crippen LogP) is 3.53. The fourth-order valence-electron chi connectivity index (χ4n) is 4.37. The van der Waals surface area contributed by atoms with Crippen molar-refractivity contribution in [1.29, 1.82) is 0 Å². The first kappa shape index (κ1) is 24.9. The molecule has 0 aliphatic heterocycles. The van der Waals surface area contributed by atoms with Gasteiger partial charge in [-0.25, -0.2) is 4.79 Å². The number of benzene rings is 1. The number of nitrogens with zero attached hydrogens (tertiary/aromatic N) is 2. The average Bonchev–Trinajstić information content (AvgIpc) is 2.72. The molecule has 0 aromatic heterocycles. The number of carboxylic acid groups (broad SMARTS) is 1. The van der Waals surface area contributed by atoms with Crippen LogP contribution in [0.3, 0.4) is 0 Å². The Morgan fingerprint density at radius 3 is 2.29 bits per heavy atom. The first-order valence-electron chi connectivity index (χ1n) is 11.3. The van der Waals surface area contributed by atoms with Crippen LogP contribution < -0.4 is 5.32 Å². The molecule has 1 aromatic carbocycles. The molecule has 1 aromatic rings. The van der Waals surface area contributed by atoms with Gasteiger partial charge in [0.25, 0.3) is 0 Å². The molecule has 0 bridgehead atoms. The number of aliphatic carboxylic acids is 1. The van der Waals surface area contributed by atoms with Gasteiger partial charge in [-0.15, -0.1) is 0 Å². The summed E-state index contributed by atoms with van der Waals surface area (Å²) in [4.78, 5) is 41.0. The molecule has 1 saturated carbocycles. The fourth-order valence-corrected chi connectivity index (χ4v) is 4.37. The lowest BCUT2D eigenvalue weighted by Crippen LogP contribution is -2.47. The molecule has 2 N–H and O–H groups in total. The van der Waals surface area contributed by atoms with Crippen molar-refractivity contribution in [2.45, 2.75) is 57.8 Å². The van der Waals surface area contributed by atoms with E-state index in [1.807, 2.05) is 49.3 Å². The number of nitrogens with one attached hydrogen (secondary N) is 1. The largest absolute Gasteiger partial charge is 0.481 e. The third kappa shape index (κ3) is 8.69. The summed E-state index contributed by atoms with van der Waals surface area (Å²) < 4.78 is 0. The summed E-state index contributed by atoms with van der Waals surface area (Å²) in [5, 5.41) is 12.3. The van der Waals surface area contributed by atoms with E-state index in [4.69, 9.17) is 0 Å². The smallest absolute Gasteiger partial charge is 0.324 e. The van der Waals surface area contributed by atoms with Gasteiger partial charge in [0.15, 0.2) is 0 Å². The molecular formula is C24H37N3O4. The monoisotopic (exact) mass is 431 g/mol. The van der Waals surface area contributed by atoms with Gasteiger partial charge in [-0.05, 0) is 57.3 Å². The number of hydrogen-bond donors (Lipinski definition) is 2. The van der Waals surface area contributed by atoms with Crippen LogP contribution in [0.5, 0.6) is 0 Å². The van der Waals surface area contributed by atoms with Crippen LogP contribution in [0.15, 0.2) is 30.3 Å². The number of urea groups is 1. The van der Waals surface area contributed by atoms with Gasteiger partial charge >= 0.3 is 12.0 Å². The standard InChI is InChI=1S/C24H37N3O4/c1-26(2)16-9-15-25-23(31)27(17-12-20-10-5-3-6-11-20)21(28)18-24(19-22(29)30)13-7-4-8-14-24/h3,5-6,10-11H,4,7-9,12-19H2,1-2H3,(H,25,31)(H,29,30). The Labute approximate surface area is 185 Å². The van der Waals surface area contributed by atoms with Crippen LogP contribution >= 0.6 is 0 Å². The minimum absolute atomic E-state index is 0.0181. The highest BCUT2D eigenvalue weighted by atomic mass is 16.4. The third-order valence-electron chi connectivity index (χ3n) is 6.04. The van der Waals surface area contributed by atoms with E-state index < -0.39 is 11.4 Å². The van der Waals surface area contributed by atoms with E-state index in [1.54, 1.807) is 0 Å². The SMILES string of the molecule is CN(C)CCCNC(=O)N(CCc1ccccc1)C(=O)CC1(CC(=O)O)CCCCC1. The number of hydrogen-bond acceptors (Lipinski definition) is 4. The van der Waals surface area contributed by atoms with Crippen molar-refractivity contribution in [3.63, 3.8) is 0 Å². The summed E-state index contributed by atoms with van der Waals surface area (Å²) in [5.74, 6) is -1.15. The molecule has 172 valence electrons. The minimum Gasteiger partial charge on any atom is -0.481 e. The topological polar surface area (TPSA) is 90.0 Å². The third-order valence-corrected chi connectivity index (χ3v) is 6.04. The Morgan fingerprint density at radius 2 is 1.68 bits per heavy atom. The number of carbonyl (C=O) groups excluding carboxylic acids is 2. The molecule has 2 rings (SSSR count). The van der Waals surface area contributed by atoms with Crippen molar-refractivity contribution in [3.05, 3.63) is 35.9 Å². The highest BCUT2D eigenvalue weighted by Gasteiger charge is 2.38. The first-order valence-corrected chi connectivity index (χ1v) is 11.3. The van der Waals surface area contributed by atoms with E-state index in [-0.39, 0.29) is 31.3 Å². The van der Waals surface area contributed by atoms with E-state index in [0.717, 1.165) is 50.6 Å². The normalized spacial score (nSPS) is 15.5. The van der Waals surface area contributed by atoms with Gasteiger partial charge in [0.2, 0.25) is 5.91 Å². The molecule has 7 nitrogen and oxygen atoms in total. The molecule has 1 aliphatic rings. The molecule has 3 amide bonds. The molecule has 1 fully saturated rings. The second-order valence-corrected chi connectivity index (χ2v) is 8.98. The average molecular weight is 432 g/mol. The van der Waals surface area contributed by atoms with Crippen molar-refractivity contribution in [3.8, 4) is 0 Å². The van der Waals surface area contributed by atoms with Crippen molar-refractivity contribution in [2.75, 3.05) is 33.7 Å². The lowest BCUT2D eigenvalue weighted by atomic mass is 9.69. The first-order chi connectivity index (χ1) is 14.8. The maximum atomic E-state index is 13.3. The van der Waals surface area contributed by atoms with E-state index in [1.165, 1.54) is 4.90 Å². The van der Waals surface area contributed by atoms with Gasteiger partial charge in [-0.2, -0.15) is 0 Å². The Hall–Kier alpha value is -2.41. The number of rotatable bonds is 11. The zero-order chi connectivity index (χ0) is 22.7. The molecule has 0 saturated heterocycles. The maximum Gasteiger partial charge on any atom is 0.324 e. The lowest BCUT2D eigenvalue weighted by Gasteiger charge is -2.37. The van der Waals surface area contributed by atoms with E-state index in [2.05, 4.69) is 5.32 Å². The summed E-state index contributed by atoms with van der Waals surface area (Å²) in [7, 11) is 3.95. The van der Waals surface area contributed by atoms with Crippen molar-refractivity contribution < 1.29 is 19.5 Å². The molecular weight excluding hydrogens is 394 g/mol. The van der Waals surface area contributed by atoms with E-state index in [0.29, 0.717) is 13.0 Å². The Kier molecular flexibility index (Phi) is 9.98. The second kappa shape index (κ2) is 12.4. The van der Waals surface area contributed by atoms with E-state index >= 15 is 0 Å². The summed E-state index contributed by atoms with van der Waals surface area (Å²) in [6, 6.07) is 9.37. The van der Waals surface area contributed by atoms with Gasteiger partial charge in [-0.3, -0.25) is 14.5 Å². The molecule has 0 unspecified atom stereocenters. The summed E-state index contributed by atoms with van der Waals surface area (Å²) in [5.41, 5.74) is 0.510. The molecule has 31 heavy (non-hydrogen) atoms. The van der Waals surface area contributed by atoms with Crippen molar-refractivity contribution >= 4 is 17.9 Å². The minimum atomic E-state index is -0.876. The van der Waals surface area contributed by atoms with Crippen LogP contribution in [-0.2, 0) is 16.0 Å². The summed E-state index contributed by atoms with van der Waals surface area (Å²) in [6.07, 6.45) is 5.84. The zero-order valence-corrected chi connectivity index (χ0v) is 18.9. The molecule has 0 spiro atoms. The highest BCUT2D eigenvalue weighted by molar-refractivity contribution is 5.95. The predicted molar refractivity (Wildman–Crippen MR) is 121 cm³/mol. The maximum absolute atomic E-state index is 13.3. The Balaban J connectivity index is 2.07. The van der Waals surface area contributed by atoms with Crippen LogP contribution in [0.2, 0.25) is 0 Å². The molecule has 7 heteroatoms. The molecule has 0 atom stereocenters. The van der Waals surface area contributed by atoms with Gasteiger partial charge in [0.1, 0.15) is 0 Å². The molecule has 1 aliphatic carbocycles. The molecule has 0 radical (unpaired) electrons. The summed E-state index contributed by atoms with van der Waals surface area (Å²) >= 11 is 0. The fraction of sp³-hybridized carbons (Fsp3) is 0.625. The zero-order valence-electron chi connectivity index (χ0n) is 18.9. The summed E-state index contributed by atoms with van der Waals surface area (Å²) in [6.45, 7) is 1.62. The highest BCUT2D eigenvalue weighted by Crippen LogP contribution is 2.42. The van der Waals surface area contributed by atoms with Crippen LogP contribution in [0.25, 0.3) is 0 Å². The van der Waals surface area contributed by atoms with Crippen molar-refractivity contribution in [2.24, 2.45) is 5.41 Å². The van der Waals surface area contributed by atoms with Crippen LogP contribution in [0.1, 0.15) is 56.9 Å².